The summed E-state index contributed by atoms with van der Waals surface area (Å²) in [5, 5.41) is 0.348. The van der Waals surface area contributed by atoms with Gasteiger partial charge < -0.3 is 5.73 Å². The van der Waals surface area contributed by atoms with Crippen LogP contribution in [0.1, 0.15) is 31.3 Å². The zero-order valence-corrected chi connectivity index (χ0v) is 11.9. The maximum Gasteiger partial charge on any atom is 0.136 e. The molecule has 102 valence electrons. The Kier molecular flexibility index (Phi) is 3.69. The molecule has 5 heteroatoms. The summed E-state index contributed by atoms with van der Waals surface area (Å²) in [5.74, 6) is -1.20. The summed E-state index contributed by atoms with van der Waals surface area (Å²) in [4.78, 5) is 5.27. The molecule has 2 N–H and O–H groups in total. The van der Waals surface area contributed by atoms with Gasteiger partial charge in [0.25, 0.3) is 0 Å². The van der Waals surface area contributed by atoms with Crippen LogP contribution in [0.15, 0.2) is 18.2 Å². The summed E-state index contributed by atoms with van der Waals surface area (Å²) in [5.41, 5.74) is 6.23. The molecular formula is C14H16F2N2S. The van der Waals surface area contributed by atoms with Crippen LogP contribution >= 0.6 is 11.3 Å². The molecule has 1 aromatic heterocycles. The van der Waals surface area contributed by atoms with Crippen LogP contribution in [0, 0.1) is 11.6 Å². The summed E-state index contributed by atoms with van der Waals surface area (Å²) in [6, 6.07) is 3.81. The SMILES string of the molecule is CC(C)(C)c1nc(-c2c(F)cccc2F)sc1CN. The van der Waals surface area contributed by atoms with Gasteiger partial charge in [0.05, 0.1) is 11.3 Å². The van der Waals surface area contributed by atoms with E-state index in [4.69, 9.17) is 5.73 Å². The van der Waals surface area contributed by atoms with Crippen molar-refractivity contribution < 1.29 is 8.78 Å². The summed E-state index contributed by atoms with van der Waals surface area (Å²) in [6.45, 7) is 6.33. The topological polar surface area (TPSA) is 38.9 Å². The van der Waals surface area contributed by atoms with E-state index in [1.165, 1.54) is 29.5 Å². The summed E-state index contributed by atoms with van der Waals surface area (Å²) in [7, 11) is 0. The number of aromatic nitrogens is 1. The van der Waals surface area contributed by atoms with Gasteiger partial charge in [0, 0.05) is 16.8 Å². The number of hydrogen-bond donors (Lipinski definition) is 1. The minimum absolute atomic E-state index is 0.0716. The Morgan fingerprint density at radius 3 is 2.21 bits per heavy atom. The van der Waals surface area contributed by atoms with Crippen LogP contribution in [-0.2, 0) is 12.0 Å². The van der Waals surface area contributed by atoms with E-state index in [0.29, 0.717) is 11.6 Å². The molecule has 0 aliphatic heterocycles. The number of nitrogens with zero attached hydrogens (tertiary/aromatic N) is 1. The average Bonchev–Trinajstić information content (AvgIpc) is 2.72. The Balaban J connectivity index is 2.62. The highest BCUT2D eigenvalue weighted by Gasteiger charge is 2.25. The molecule has 0 radical (unpaired) electrons. The highest BCUT2D eigenvalue weighted by atomic mass is 32.1. The smallest absolute Gasteiger partial charge is 0.136 e. The molecule has 1 aromatic carbocycles. The lowest BCUT2D eigenvalue weighted by molar-refractivity contribution is 0.564. The van der Waals surface area contributed by atoms with E-state index in [2.05, 4.69) is 4.98 Å². The maximum absolute atomic E-state index is 13.8. The summed E-state index contributed by atoms with van der Waals surface area (Å²) >= 11 is 1.25. The molecule has 0 aliphatic rings. The van der Waals surface area contributed by atoms with Gasteiger partial charge in [0.2, 0.25) is 0 Å². The standard InChI is InChI=1S/C14H16F2N2S/c1-14(2,3)12-10(7-17)19-13(18-12)11-8(15)5-4-6-9(11)16/h4-6H,7,17H2,1-3H3. The molecular weight excluding hydrogens is 266 g/mol. The van der Waals surface area contributed by atoms with Gasteiger partial charge in [-0.3, -0.25) is 0 Å². The van der Waals surface area contributed by atoms with Crippen LogP contribution in [0.25, 0.3) is 10.6 Å². The number of hydrogen-bond acceptors (Lipinski definition) is 3. The number of thiazole rings is 1. The fourth-order valence-corrected chi connectivity index (χ4v) is 3.08. The lowest BCUT2D eigenvalue weighted by atomic mass is 9.91. The van der Waals surface area contributed by atoms with Crippen molar-refractivity contribution in [2.45, 2.75) is 32.7 Å². The van der Waals surface area contributed by atoms with Crippen LogP contribution in [0.3, 0.4) is 0 Å². The first-order valence-corrected chi connectivity index (χ1v) is 6.81. The molecule has 2 rings (SSSR count). The lowest BCUT2D eigenvalue weighted by Crippen LogP contribution is -2.15. The second-order valence-corrected chi connectivity index (χ2v) is 6.43. The molecule has 0 aliphatic carbocycles. The van der Waals surface area contributed by atoms with Gasteiger partial charge in [-0.05, 0) is 12.1 Å². The molecule has 0 saturated carbocycles. The van der Waals surface area contributed by atoms with E-state index in [-0.39, 0.29) is 11.0 Å². The number of benzene rings is 1. The first-order valence-electron chi connectivity index (χ1n) is 5.99. The van der Waals surface area contributed by atoms with Gasteiger partial charge in [0.15, 0.2) is 0 Å². The zero-order chi connectivity index (χ0) is 14.2. The highest BCUT2D eigenvalue weighted by Crippen LogP contribution is 2.36. The van der Waals surface area contributed by atoms with Gasteiger partial charge in [-0.1, -0.05) is 26.8 Å². The molecule has 0 fully saturated rings. The zero-order valence-electron chi connectivity index (χ0n) is 11.1. The van der Waals surface area contributed by atoms with Crippen molar-refractivity contribution in [3.63, 3.8) is 0 Å². The predicted octanol–water partition coefficient (Wildman–Crippen LogP) is 3.84. The highest BCUT2D eigenvalue weighted by molar-refractivity contribution is 7.15. The van der Waals surface area contributed by atoms with Crippen LogP contribution in [0.5, 0.6) is 0 Å². The van der Waals surface area contributed by atoms with Gasteiger partial charge in [-0.2, -0.15) is 0 Å². The molecule has 0 unspecified atom stereocenters. The van der Waals surface area contributed by atoms with Crippen molar-refractivity contribution in [2.75, 3.05) is 0 Å². The van der Waals surface area contributed by atoms with Crippen LogP contribution in [0.4, 0.5) is 8.78 Å². The monoisotopic (exact) mass is 282 g/mol. The Morgan fingerprint density at radius 2 is 1.79 bits per heavy atom. The number of halogens is 2. The third-order valence-corrected chi connectivity index (χ3v) is 3.86. The molecule has 0 amide bonds. The van der Waals surface area contributed by atoms with Gasteiger partial charge >= 0.3 is 0 Å². The summed E-state index contributed by atoms with van der Waals surface area (Å²) in [6.07, 6.45) is 0. The van der Waals surface area contributed by atoms with Crippen molar-refractivity contribution in [2.24, 2.45) is 5.73 Å². The van der Waals surface area contributed by atoms with Gasteiger partial charge in [0.1, 0.15) is 16.6 Å². The molecule has 0 bridgehead atoms. The Bertz CT molecular complexity index is 580. The van der Waals surface area contributed by atoms with Gasteiger partial charge in [-0.15, -0.1) is 11.3 Å². The second-order valence-electron chi connectivity index (χ2n) is 5.34. The van der Waals surface area contributed by atoms with E-state index in [9.17, 15) is 8.78 Å². The average molecular weight is 282 g/mol. The predicted molar refractivity (Wildman–Crippen MR) is 74.1 cm³/mol. The number of rotatable bonds is 2. The van der Waals surface area contributed by atoms with Crippen molar-refractivity contribution in [1.82, 2.24) is 4.98 Å². The van der Waals surface area contributed by atoms with E-state index < -0.39 is 11.6 Å². The van der Waals surface area contributed by atoms with Gasteiger partial charge in [-0.25, -0.2) is 13.8 Å². The quantitative estimate of drug-likeness (QED) is 0.908. The van der Waals surface area contributed by atoms with Crippen molar-refractivity contribution in [3.8, 4) is 10.6 Å². The van der Waals surface area contributed by atoms with Crippen molar-refractivity contribution in [3.05, 3.63) is 40.4 Å². The maximum atomic E-state index is 13.8. The van der Waals surface area contributed by atoms with Crippen LogP contribution < -0.4 is 5.73 Å². The van der Waals surface area contributed by atoms with Crippen molar-refractivity contribution in [1.29, 1.82) is 0 Å². The van der Waals surface area contributed by atoms with Crippen molar-refractivity contribution >= 4 is 11.3 Å². The molecule has 0 saturated heterocycles. The summed E-state index contributed by atoms with van der Waals surface area (Å²) < 4.78 is 27.5. The molecule has 2 aromatic rings. The van der Waals surface area contributed by atoms with E-state index >= 15 is 0 Å². The molecule has 1 heterocycles. The van der Waals surface area contributed by atoms with Crippen LogP contribution in [-0.4, -0.2) is 4.98 Å². The Morgan fingerprint density at radius 1 is 1.21 bits per heavy atom. The third-order valence-electron chi connectivity index (χ3n) is 2.77. The second kappa shape index (κ2) is 4.98. The van der Waals surface area contributed by atoms with Crippen LogP contribution in [0.2, 0.25) is 0 Å². The minimum Gasteiger partial charge on any atom is -0.326 e. The molecule has 0 atom stereocenters. The largest absolute Gasteiger partial charge is 0.326 e. The first-order chi connectivity index (χ1) is 8.84. The Labute approximate surface area is 115 Å². The van der Waals surface area contributed by atoms with E-state index in [0.717, 1.165) is 10.6 Å². The number of nitrogens with two attached hydrogens (primary N) is 1. The Hall–Kier alpha value is -1.33. The molecule has 0 spiro atoms. The molecule has 19 heavy (non-hydrogen) atoms. The van der Waals surface area contributed by atoms with E-state index in [1.54, 1.807) is 0 Å². The fraction of sp³-hybridized carbons (Fsp3) is 0.357. The fourth-order valence-electron chi connectivity index (χ4n) is 1.89. The normalized spacial score (nSPS) is 11.9. The first kappa shape index (κ1) is 14.1. The minimum atomic E-state index is -0.599. The van der Waals surface area contributed by atoms with E-state index in [1.807, 2.05) is 20.8 Å². The third kappa shape index (κ3) is 2.67. The lowest BCUT2D eigenvalue weighted by Gasteiger charge is -2.16. The molecule has 2 nitrogen and oxygen atoms in total.